The molecule has 10 nitrogen and oxygen atoms in total. The van der Waals surface area contributed by atoms with E-state index in [9.17, 15) is 29.8 Å². The van der Waals surface area contributed by atoms with Crippen LogP contribution in [0.5, 0.6) is 0 Å². The van der Waals surface area contributed by atoms with Crippen LogP contribution >= 0.6 is 0 Å². The highest BCUT2D eigenvalue weighted by Crippen LogP contribution is 2.25. The lowest BCUT2D eigenvalue weighted by Crippen LogP contribution is -2.09. The molecule has 0 spiro atoms. The smallest absolute Gasteiger partial charge is 0.333 e. The van der Waals surface area contributed by atoms with Crippen LogP contribution in [0, 0.1) is 20.2 Å². The van der Waals surface area contributed by atoms with E-state index < -0.39 is 33.2 Å². The Hall–Kier alpha value is -3.56. The van der Waals surface area contributed by atoms with Crippen LogP contribution in [0.4, 0.5) is 11.4 Å². The summed E-state index contributed by atoms with van der Waals surface area (Å²) in [7, 11) is 0. The van der Waals surface area contributed by atoms with Crippen molar-refractivity contribution >= 4 is 29.4 Å². The van der Waals surface area contributed by atoms with Crippen LogP contribution in [-0.4, -0.2) is 35.0 Å². The molecule has 0 aliphatic heterocycles. The summed E-state index contributed by atoms with van der Waals surface area (Å²) in [6.07, 6.45) is 2.37. The number of carbonyl (C=O) groups is 2. The van der Waals surface area contributed by atoms with Crippen molar-refractivity contribution < 1.29 is 28.9 Å². The van der Waals surface area contributed by atoms with E-state index in [1.165, 1.54) is 6.92 Å². The van der Waals surface area contributed by atoms with E-state index in [2.05, 4.69) is 6.58 Å². The lowest BCUT2D eigenvalue weighted by Gasteiger charge is -2.04. The first-order chi connectivity index (χ1) is 12.2. The van der Waals surface area contributed by atoms with Crippen LogP contribution in [0.2, 0.25) is 0 Å². The Morgan fingerprint density at radius 2 is 1.81 bits per heavy atom. The van der Waals surface area contributed by atoms with Crippen molar-refractivity contribution in [3.8, 4) is 0 Å². The van der Waals surface area contributed by atoms with Gasteiger partial charge in [0.05, 0.1) is 34.7 Å². The summed E-state index contributed by atoms with van der Waals surface area (Å²) in [5.74, 6) is -1.30. The Balaban J connectivity index is 2.57. The molecule has 1 aromatic carbocycles. The molecule has 0 radical (unpaired) electrons. The van der Waals surface area contributed by atoms with Gasteiger partial charge in [0.15, 0.2) is 0 Å². The molecular weight excluding hydrogens is 348 g/mol. The van der Waals surface area contributed by atoms with Crippen LogP contribution < -0.4 is 0 Å². The van der Waals surface area contributed by atoms with E-state index >= 15 is 0 Å². The summed E-state index contributed by atoms with van der Waals surface area (Å²) < 4.78 is 9.66. The number of carbonyl (C=O) groups excluding carboxylic acids is 2. The molecule has 0 saturated carbocycles. The van der Waals surface area contributed by atoms with Crippen molar-refractivity contribution in [2.24, 2.45) is 0 Å². The molecule has 1 aromatic rings. The topological polar surface area (TPSA) is 139 Å². The zero-order valence-electron chi connectivity index (χ0n) is 13.9. The van der Waals surface area contributed by atoms with Gasteiger partial charge in [-0.3, -0.25) is 20.2 Å². The summed E-state index contributed by atoms with van der Waals surface area (Å²) >= 11 is 0. The van der Waals surface area contributed by atoms with Gasteiger partial charge in [-0.2, -0.15) is 0 Å². The second-order valence-corrected chi connectivity index (χ2v) is 5.03. The van der Waals surface area contributed by atoms with E-state index in [-0.39, 0.29) is 30.8 Å². The van der Waals surface area contributed by atoms with Crippen molar-refractivity contribution in [1.82, 2.24) is 0 Å². The molecule has 0 bridgehead atoms. The second kappa shape index (κ2) is 9.67. The zero-order valence-corrected chi connectivity index (χ0v) is 13.9. The van der Waals surface area contributed by atoms with Gasteiger partial charge in [-0.25, -0.2) is 9.59 Å². The van der Waals surface area contributed by atoms with Gasteiger partial charge < -0.3 is 9.47 Å². The van der Waals surface area contributed by atoms with Gasteiger partial charge in [0.1, 0.15) is 0 Å². The largest absolute Gasteiger partial charge is 0.462 e. The Kier molecular flexibility index (Phi) is 7.62. The third kappa shape index (κ3) is 6.51. The van der Waals surface area contributed by atoms with Crippen LogP contribution in [0.3, 0.4) is 0 Å². The fourth-order valence-corrected chi connectivity index (χ4v) is 1.67. The molecule has 0 unspecified atom stereocenters. The second-order valence-electron chi connectivity index (χ2n) is 5.03. The standard InChI is InChI=1S/C16H16N2O8/c1-11(2)16(20)26-9-3-8-25-15(19)7-5-12-4-6-13(17(21)22)10-14(12)18(23)24/h4-7,10H,1,3,8-9H2,2H3/b7-5+. The molecule has 10 heteroatoms. The highest BCUT2D eigenvalue weighted by Gasteiger charge is 2.17. The predicted molar refractivity (Wildman–Crippen MR) is 90.1 cm³/mol. The lowest BCUT2D eigenvalue weighted by molar-refractivity contribution is -0.394. The quantitative estimate of drug-likeness (QED) is 0.214. The Bertz CT molecular complexity index is 770. The van der Waals surface area contributed by atoms with Gasteiger partial charge in [-0.15, -0.1) is 0 Å². The fourth-order valence-electron chi connectivity index (χ4n) is 1.67. The summed E-state index contributed by atoms with van der Waals surface area (Å²) in [4.78, 5) is 42.8. The summed E-state index contributed by atoms with van der Waals surface area (Å²) in [5.41, 5.74) is -0.654. The number of nitrogens with zero attached hydrogens (tertiary/aromatic N) is 2. The van der Waals surface area contributed by atoms with Crippen molar-refractivity contribution in [1.29, 1.82) is 0 Å². The number of non-ortho nitro benzene ring substituents is 1. The van der Waals surface area contributed by atoms with E-state index in [1.807, 2.05) is 0 Å². The molecule has 0 aliphatic carbocycles. The number of ether oxygens (including phenoxy) is 2. The first-order valence-corrected chi connectivity index (χ1v) is 7.32. The van der Waals surface area contributed by atoms with Gasteiger partial charge in [0, 0.05) is 24.1 Å². The van der Waals surface area contributed by atoms with Crippen molar-refractivity contribution in [3.63, 3.8) is 0 Å². The minimum Gasteiger partial charge on any atom is -0.462 e. The molecule has 138 valence electrons. The third-order valence-corrected chi connectivity index (χ3v) is 2.94. The molecule has 0 saturated heterocycles. The average molecular weight is 364 g/mol. The maximum atomic E-state index is 11.6. The number of benzene rings is 1. The summed E-state index contributed by atoms with van der Waals surface area (Å²) in [6, 6.07) is 3.06. The molecular formula is C16H16N2O8. The Morgan fingerprint density at radius 1 is 1.15 bits per heavy atom. The average Bonchev–Trinajstić information content (AvgIpc) is 2.58. The van der Waals surface area contributed by atoms with Crippen LogP contribution in [0.25, 0.3) is 6.08 Å². The van der Waals surface area contributed by atoms with Crippen LogP contribution in [0.1, 0.15) is 18.9 Å². The lowest BCUT2D eigenvalue weighted by atomic mass is 10.1. The van der Waals surface area contributed by atoms with E-state index in [0.717, 1.165) is 30.4 Å². The monoisotopic (exact) mass is 364 g/mol. The molecule has 0 fully saturated rings. The Labute approximate surface area is 148 Å². The maximum absolute atomic E-state index is 11.6. The highest BCUT2D eigenvalue weighted by molar-refractivity contribution is 5.88. The summed E-state index contributed by atoms with van der Waals surface area (Å²) in [6.45, 7) is 4.95. The minimum atomic E-state index is -0.784. The first-order valence-electron chi connectivity index (χ1n) is 7.32. The van der Waals surface area contributed by atoms with Crippen molar-refractivity contribution in [2.75, 3.05) is 13.2 Å². The Morgan fingerprint density at radius 3 is 2.38 bits per heavy atom. The van der Waals surface area contributed by atoms with Gasteiger partial charge >= 0.3 is 11.9 Å². The molecule has 26 heavy (non-hydrogen) atoms. The van der Waals surface area contributed by atoms with Gasteiger partial charge in [-0.05, 0) is 19.1 Å². The predicted octanol–water partition coefficient (Wildman–Crippen LogP) is 2.57. The number of rotatable bonds is 9. The zero-order chi connectivity index (χ0) is 19.7. The van der Waals surface area contributed by atoms with E-state index in [4.69, 9.17) is 9.47 Å². The molecule has 0 aliphatic rings. The number of hydrogen-bond acceptors (Lipinski definition) is 8. The molecule has 0 aromatic heterocycles. The fraction of sp³-hybridized carbons (Fsp3) is 0.250. The van der Waals surface area contributed by atoms with Gasteiger partial charge in [0.2, 0.25) is 0 Å². The van der Waals surface area contributed by atoms with Gasteiger partial charge in [-0.1, -0.05) is 6.58 Å². The number of esters is 2. The van der Waals surface area contributed by atoms with E-state index in [0.29, 0.717) is 0 Å². The maximum Gasteiger partial charge on any atom is 0.333 e. The van der Waals surface area contributed by atoms with Gasteiger partial charge in [0.25, 0.3) is 11.4 Å². The molecule has 0 amide bonds. The highest BCUT2D eigenvalue weighted by atomic mass is 16.6. The van der Waals surface area contributed by atoms with Crippen molar-refractivity contribution in [2.45, 2.75) is 13.3 Å². The SMILES string of the molecule is C=C(C)C(=O)OCCCOC(=O)/C=C/c1ccc([N+](=O)[O-])cc1[N+](=O)[O-]. The minimum absolute atomic E-state index is 0.0189. The molecule has 0 N–H and O–H groups in total. The number of hydrogen-bond donors (Lipinski definition) is 0. The molecule has 1 rings (SSSR count). The molecule has 0 heterocycles. The summed E-state index contributed by atoms with van der Waals surface area (Å²) in [5, 5.41) is 21.6. The number of nitro groups is 2. The first kappa shape index (κ1) is 20.5. The molecule has 0 atom stereocenters. The third-order valence-electron chi connectivity index (χ3n) is 2.94. The normalized spacial score (nSPS) is 10.3. The van der Waals surface area contributed by atoms with E-state index in [1.54, 1.807) is 0 Å². The number of nitro benzene ring substituents is 2. The van der Waals surface area contributed by atoms with Crippen LogP contribution in [0.15, 0.2) is 36.4 Å². The van der Waals surface area contributed by atoms with Crippen molar-refractivity contribution in [3.05, 3.63) is 62.2 Å². The van der Waals surface area contributed by atoms with Crippen LogP contribution in [-0.2, 0) is 19.1 Å².